The van der Waals surface area contributed by atoms with Crippen molar-refractivity contribution in [3.63, 3.8) is 0 Å². The first-order valence-corrected chi connectivity index (χ1v) is 13.1. The fraction of sp³-hybridized carbons (Fsp3) is 0.321. The number of nitrogens with zero attached hydrogens (tertiary/aromatic N) is 3. The van der Waals surface area contributed by atoms with Crippen molar-refractivity contribution in [3.05, 3.63) is 82.4 Å². The highest BCUT2D eigenvalue weighted by Crippen LogP contribution is 2.38. The molecule has 35 heavy (non-hydrogen) atoms. The highest BCUT2D eigenvalue weighted by molar-refractivity contribution is 7.13. The second-order valence-electron chi connectivity index (χ2n) is 9.07. The minimum atomic E-state index is -0.283. The molecule has 1 saturated carbocycles. The molecule has 0 saturated heterocycles. The summed E-state index contributed by atoms with van der Waals surface area (Å²) in [6.07, 6.45) is 7.34. The van der Waals surface area contributed by atoms with Gasteiger partial charge in [0.05, 0.1) is 17.0 Å². The third kappa shape index (κ3) is 4.91. The molecule has 5 nitrogen and oxygen atoms in total. The molecule has 1 N–H and O–H groups in total. The van der Waals surface area contributed by atoms with E-state index in [1.54, 1.807) is 23.5 Å². The first-order chi connectivity index (χ1) is 17.0. The van der Waals surface area contributed by atoms with Crippen LogP contribution in [-0.2, 0) is 13.0 Å². The Morgan fingerprint density at radius 1 is 1.17 bits per heavy atom. The lowest BCUT2D eigenvalue weighted by molar-refractivity contribution is 0.0950. The summed E-state index contributed by atoms with van der Waals surface area (Å²) >= 11 is 1.62. The normalized spacial score (nSPS) is 13.9. The fourth-order valence-electron chi connectivity index (χ4n) is 4.89. The molecule has 1 amide bonds. The molecular formula is C28H29FN4OS. The quantitative estimate of drug-likeness (QED) is 0.314. The molecular weight excluding hydrogens is 459 g/mol. The molecule has 180 valence electrons. The van der Waals surface area contributed by atoms with E-state index in [1.165, 1.54) is 25.0 Å². The van der Waals surface area contributed by atoms with Gasteiger partial charge in [0.1, 0.15) is 10.8 Å². The monoisotopic (exact) mass is 488 g/mol. The van der Waals surface area contributed by atoms with Gasteiger partial charge in [-0.15, -0.1) is 11.3 Å². The molecule has 0 aliphatic heterocycles. The Bertz CT molecular complexity index is 1340. The second kappa shape index (κ2) is 10.1. The van der Waals surface area contributed by atoms with Crippen molar-refractivity contribution in [1.29, 1.82) is 0 Å². The molecule has 0 radical (unpaired) electrons. The lowest BCUT2D eigenvalue weighted by atomic mass is 10.2. The number of carbonyl (C=O) groups excluding carboxylic acids is 1. The maximum Gasteiger partial charge on any atom is 0.253 e. The van der Waals surface area contributed by atoms with E-state index < -0.39 is 0 Å². The first-order valence-electron chi connectivity index (χ1n) is 12.2. The van der Waals surface area contributed by atoms with Gasteiger partial charge >= 0.3 is 0 Å². The third-order valence-corrected chi connectivity index (χ3v) is 7.68. The van der Waals surface area contributed by atoms with Crippen LogP contribution in [-0.4, -0.2) is 20.4 Å². The summed E-state index contributed by atoms with van der Waals surface area (Å²) in [4.78, 5) is 22.6. The minimum absolute atomic E-state index is 0.123. The number of halogens is 1. The summed E-state index contributed by atoms with van der Waals surface area (Å²) in [7, 11) is 0. The van der Waals surface area contributed by atoms with Crippen LogP contribution in [0.25, 0.3) is 22.0 Å². The number of benzene rings is 1. The van der Waals surface area contributed by atoms with Crippen molar-refractivity contribution in [2.45, 2.75) is 58.5 Å². The minimum Gasteiger partial charge on any atom is -0.348 e. The fourth-order valence-corrected chi connectivity index (χ4v) is 5.70. The molecule has 5 rings (SSSR count). The Morgan fingerprint density at radius 3 is 2.69 bits per heavy atom. The molecule has 1 aromatic carbocycles. The summed E-state index contributed by atoms with van der Waals surface area (Å²) in [6.45, 7) is 4.47. The van der Waals surface area contributed by atoms with Gasteiger partial charge in [0, 0.05) is 41.1 Å². The van der Waals surface area contributed by atoms with Crippen molar-refractivity contribution in [2.75, 3.05) is 0 Å². The summed E-state index contributed by atoms with van der Waals surface area (Å²) < 4.78 is 15.5. The van der Waals surface area contributed by atoms with Crippen LogP contribution < -0.4 is 5.32 Å². The van der Waals surface area contributed by atoms with E-state index in [1.807, 2.05) is 25.3 Å². The Morgan fingerprint density at radius 2 is 1.94 bits per heavy atom. The molecule has 3 heterocycles. The summed E-state index contributed by atoms with van der Waals surface area (Å²) in [6, 6.07) is 12.7. The number of amides is 1. The van der Waals surface area contributed by atoms with Crippen molar-refractivity contribution in [2.24, 2.45) is 0 Å². The van der Waals surface area contributed by atoms with E-state index in [-0.39, 0.29) is 11.7 Å². The van der Waals surface area contributed by atoms with E-state index in [0.717, 1.165) is 58.2 Å². The van der Waals surface area contributed by atoms with Gasteiger partial charge in [0.2, 0.25) is 0 Å². The Hall–Kier alpha value is -3.32. The topological polar surface area (TPSA) is 59.8 Å². The van der Waals surface area contributed by atoms with Crippen LogP contribution in [0.5, 0.6) is 0 Å². The number of aryl methyl sites for hydroxylation is 1. The SMILES string of the molecule is CCc1cc(-c2nc(-c3cc(C(=O)NCc4ccc(F)cc4)c(C)n3C3CCCC3)cs2)ccn1. The third-order valence-electron chi connectivity index (χ3n) is 6.78. The van der Waals surface area contributed by atoms with Crippen LogP contribution in [0.15, 0.2) is 54.0 Å². The van der Waals surface area contributed by atoms with Gasteiger partial charge in [0.15, 0.2) is 0 Å². The Kier molecular flexibility index (Phi) is 6.77. The van der Waals surface area contributed by atoms with Crippen molar-refractivity contribution in [1.82, 2.24) is 19.9 Å². The predicted molar refractivity (Wildman–Crippen MR) is 138 cm³/mol. The molecule has 3 aromatic heterocycles. The van der Waals surface area contributed by atoms with Gasteiger partial charge in [-0.25, -0.2) is 9.37 Å². The lowest BCUT2D eigenvalue weighted by Crippen LogP contribution is -2.23. The lowest BCUT2D eigenvalue weighted by Gasteiger charge is -2.18. The van der Waals surface area contributed by atoms with Gasteiger partial charge in [-0.3, -0.25) is 9.78 Å². The standard InChI is InChI=1S/C28H29FN4OS/c1-3-22-14-20(12-13-30-22)28-32-25(17-35-28)26-15-24(18(2)33(26)23-6-4-5-7-23)27(34)31-16-19-8-10-21(29)11-9-19/h8-15,17,23H,3-7,16H2,1-2H3,(H,31,34). The van der Waals surface area contributed by atoms with Crippen LogP contribution in [0, 0.1) is 12.7 Å². The van der Waals surface area contributed by atoms with Gasteiger partial charge in [-0.05, 0) is 62.1 Å². The molecule has 0 spiro atoms. The van der Waals surface area contributed by atoms with E-state index >= 15 is 0 Å². The highest BCUT2D eigenvalue weighted by Gasteiger charge is 2.26. The van der Waals surface area contributed by atoms with Gasteiger partial charge in [-0.1, -0.05) is 31.9 Å². The van der Waals surface area contributed by atoms with Crippen molar-refractivity contribution in [3.8, 4) is 22.0 Å². The molecule has 1 fully saturated rings. The average molecular weight is 489 g/mol. The summed E-state index contributed by atoms with van der Waals surface area (Å²) in [5.41, 5.74) is 6.50. The summed E-state index contributed by atoms with van der Waals surface area (Å²) in [5, 5.41) is 6.04. The van der Waals surface area contributed by atoms with E-state index in [2.05, 4.69) is 33.2 Å². The highest BCUT2D eigenvalue weighted by atomic mass is 32.1. The first kappa shape index (κ1) is 23.4. The van der Waals surface area contributed by atoms with Gasteiger partial charge < -0.3 is 9.88 Å². The maximum absolute atomic E-state index is 13.2. The zero-order chi connectivity index (χ0) is 24.4. The number of aromatic nitrogens is 3. The zero-order valence-corrected chi connectivity index (χ0v) is 20.9. The van der Waals surface area contributed by atoms with E-state index in [0.29, 0.717) is 18.2 Å². The van der Waals surface area contributed by atoms with Crippen molar-refractivity contribution < 1.29 is 9.18 Å². The largest absolute Gasteiger partial charge is 0.348 e. The van der Waals surface area contributed by atoms with E-state index in [4.69, 9.17) is 4.98 Å². The number of thiazole rings is 1. The van der Waals surface area contributed by atoms with Crippen LogP contribution >= 0.6 is 11.3 Å². The smallest absolute Gasteiger partial charge is 0.253 e. The number of nitrogens with one attached hydrogen (secondary N) is 1. The number of carbonyl (C=O) groups is 1. The second-order valence-corrected chi connectivity index (χ2v) is 9.93. The molecule has 1 aliphatic rings. The average Bonchev–Trinajstić information content (AvgIpc) is 3.63. The Labute approximate surface area is 209 Å². The van der Waals surface area contributed by atoms with Gasteiger partial charge in [0.25, 0.3) is 5.91 Å². The number of rotatable bonds is 7. The van der Waals surface area contributed by atoms with Crippen LogP contribution in [0.1, 0.15) is 66.0 Å². The molecule has 4 aromatic rings. The van der Waals surface area contributed by atoms with Crippen LogP contribution in [0.2, 0.25) is 0 Å². The molecule has 0 unspecified atom stereocenters. The molecule has 0 atom stereocenters. The molecule has 1 aliphatic carbocycles. The number of pyridine rings is 1. The maximum atomic E-state index is 13.2. The summed E-state index contributed by atoms with van der Waals surface area (Å²) in [5.74, 6) is -0.406. The molecule has 7 heteroatoms. The van der Waals surface area contributed by atoms with Crippen molar-refractivity contribution >= 4 is 17.2 Å². The predicted octanol–water partition coefficient (Wildman–Crippen LogP) is 6.73. The van der Waals surface area contributed by atoms with Gasteiger partial charge in [-0.2, -0.15) is 0 Å². The Balaban J connectivity index is 1.46. The van der Waals surface area contributed by atoms with E-state index in [9.17, 15) is 9.18 Å². The van der Waals surface area contributed by atoms with Crippen LogP contribution in [0.4, 0.5) is 4.39 Å². The number of hydrogen-bond donors (Lipinski definition) is 1. The van der Waals surface area contributed by atoms with Crippen LogP contribution in [0.3, 0.4) is 0 Å². The number of hydrogen-bond acceptors (Lipinski definition) is 4. The molecule has 0 bridgehead atoms. The zero-order valence-electron chi connectivity index (χ0n) is 20.1.